The van der Waals surface area contributed by atoms with Crippen LogP contribution in [0.3, 0.4) is 0 Å². The van der Waals surface area contributed by atoms with Crippen LogP contribution >= 0.6 is 0 Å². The Balaban J connectivity index is 1.36. The second kappa shape index (κ2) is 12.3. The van der Waals surface area contributed by atoms with Crippen molar-refractivity contribution in [1.82, 2.24) is 4.98 Å². The largest absolute Gasteiger partial charge is 0.462 e. The molecule has 42 heavy (non-hydrogen) atoms. The highest BCUT2D eigenvalue weighted by Crippen LogP contribution is 2.49. The third-order valence-electron chi connectivity index (χ3n) is 7.98. The zero-order chi connectivity index (χ0) is 29.1. The maximum atomic E-state index is 12.3. The van der Waals surface area contributed by atoms with Crippen molar-refractivity contribution in [3.8, 4) is 34.1 Å². The van der Waals surface area contributed by atoms with Gasteiger partial charge in [-0.15, -0.1) is 0 Å². The standard InChI is InChI=1S/C36H38N2O4/c1-4-7-19-38(20-8-5-2)26-17-18-27-29-23-32-34(28-11-10-12-30(33(28)29)41-31(27)22-26)37-35(42-32)24-13-15-25(16-14-24)36(39)40-21-9-6-3/h10-18,22-23H,4-9,19-21H2,1-3H3. The molecule has 0 saturated carbocycles. The van der Waals surface area contributed by atoms with Crippen molar-refractivity contribution in [2.24, 2.45) is 0 Å². The van der Waals surface area contributed by atoms with E-state index in [0.717, 1.165) is 76.0 Å². The minimum atomic E-state index is -0.310. The van der Waals surface area contributed by atoms with Crippen molar-refractivity contribution in [1.29, 1.82) is 0 Å². The summed E-state index contributed by atoms with van der Waals surface area (Å²) < 4.78 is 18.2. The van der Waals surface area contributed by atoms with Crippen LogP contribution in [-0.2, 0) is 4.74 Å². The molecule has 0 spiro atoms. The van der Waals surface area contributed by atoms with E-state index in [-0.39, 0.29) is 5.97 Å². The molecule has 4 aromatic carbocycles. The fourth-order valence-corrected chi connectivity index (χ4v) is 5.60. The molecule has 5 aromatic rings. The number of nitrogens with zero attached hydrogens (tertiary/aromatic N) is 2. The first kappa shape index (κ1) is 27.8. The van der Waals surface area contributed by atoms with Crippen LogP contribution in [0.25, 0.3) is 44.5 Å². The number of anilines is 1. The predicted octanol–water partition coefficient (Wildman–Crippen LogP) is 9.78. The van der Waals surface area contributed by atoms with Gasteiger partial charge in [-0.05, 0) is 67.8 Å². The number of carbonyl (C=O) groups is 1. The molecule has 0 saturated heterocycles. The SMILES string of the molecule is CCCCOC(=O)c1ccc(-c2nc3c(cc4c5c(cccc53)Oc3cc(N(CCCC)CCCC)ccc3-4)o2)cc1. The number of unbranched alkanes of at least 4 members (excludes halogenated alkanes) is 3. The number of esters is 1. The maximum Gasteiger partial charge on any atom is 0.338 e. The molecule has 6 nitrogen and oxygen atoms in total. The molecule has 0 radical (unpaired) electrons. The Labute approximate surface area is 247 Å². The van der Waals surface area contributed by atoms with Crippen molar-refractivity contribution < 1.29 is 18.7 Å². The van der Waals surface area contributed by atoms with Gasteiger partial charge in [0.1, 0.15) is 17.0 Å². The fourth-order valence-electron chi connectivity index (χ4n) is 5.60. The number of rotatable bonds is 12. The van der Waals surface area contributed by atoms with Gasteiger partial charge in [0.2, 0.25) is 5.89 Å². The molecule has 6 rings (SSSR count). The van der Waals surface area contributed by atoms with Gasteiger partial charge in [0.05, 0.1) is 12.2 Å². The minimum absolute atomic E-state index is 0.310. The molecule has 216 valence electrons. The van der Waals surface area contributed by atoms with Gasteiger partial charge in [-0.3, -0.25) is 0 Å². The number of carbonyl (C=O) groups excluding carboxylic acids is 1. The van der Waals surface area contributed by atoms with Gasteiger partial charge in [0.25, 0.3) is 0 Å². The summed E-state index contributed by atoms with van der Waals surface area (Å²) in [5.74, 6) is 1.90. The highest BCUT2D eigenvalue weighted by atomic mass is 16.5. The van der Waals surface area contributed by atoms with Crippen LogP contribution in [0.5, 0.6) is 11.5 Å². The predicted molar refractivity (Wildman–Crippen MR) is 170 cm³/mol. The topological polar surface area (TPSA) is 64.8 Å². The molecule has 0 N–H and O–H groups in total. The molecule has 0 unspecified atom stereocenters. The highest BCUT2D eigenvalue weighted by Gasteiger charge is 2.25. The van der Waals surface area contributed by atoms with Crippen LogP contribution in [0.1, 0.15) is 69.7 Å². The van der Waals surface area contributed by atoms with Crippen LogP contribution in [0.2, 0.25) is 0 Å². The van der Waals surface area contributed by atoms with E-state index in [4.69, 9.17) is 18.9 Å². The molecule has 1 aliphatic rings. The van der Waals surface area contributed by atoms with E-state index in [0.29, 0.717) is 18.1 Å². The monoisotopic (exact) mass is 562 g/mol. The Hall–Kier alpha value is -4.32. The number of ether oxygens (including phenoxy) is 2. The molecule has 0 fully saturated rings. The lowest BCUT2D eigenvalue weighted by atomic mass is 9.93. The van der Waals surface area contributed by atoms with Crippen molar-refractivity contribution in [2.75, 3.05) is 24.6 Å². The maximum absolute atomic E-state index is 12.3. The molecule has 0 atom stereocenters. The zero-order valence-corrected chi connectivity index (χ0v) is 24.7. The van der Waals surface area contributed by atoms with Crippen molar-refractivity contribution in [3.05, 3.63) is 72.3 Å². The third-order valence-corrected chi connectivity index (χ3v) is 7.98. The Morgan fingerprint density at radius 3 is 2.33 bits per heavy atom. The molecule has 1 aromatic heterocycles. The summed E-state index contributed by atoms with van der Waals surface area (Å²) in [7, 11) is 0. The Kier molecular flexibility index (Phi) is 8.13. The Morgan fingerprint density at radius 2 is 1.60 bits per heavy atom. The molecule has 0 bridgehead atoms. The smallest absolute Gasteiger partial charge is 0.338 e. The number of benzene rings is 4. The van der Waals surface area contributed by atoms with Gasteiger partial charge >= 0.3 is 5.97 Å². The average molecular weight is 563 g/mol. The lowest BCUT2D eigenvalue weighted by Crippen LogP contribution is -2.25. The van der Waals surface area contributed by atoms with Crippen LogP contribution in [-0.4, -0.2) is 30.6 Å². The summed E-state index contributed by atoms with van der Waals surface area (Å²) in [6, 6.07) is 22.0. The van der Waals surface area contributed by atoms with Crippen LogP contribution in [0, 0.1) is 0 Å². The van der Waals surface area contributed by atoms with E-state index < -0.39 is 0 Å². The van der Waals surface area contributed by atoms with E-state index in [1.54, 1.807) is 12.1 Å². The van der Waals surface area contributed by atoms with Gasteiger partial charge in [-0.2, -0.15) is 0 Å². The molecular formula is C36H38N2O4. The van der Waals surface area contributed by atoms with Gasteiger partial charge in [-0.1, -0.05) is 52.2 Å². The summed E-state index contributed by atoms with van der Waals surface area (Å²) in [6.07, 6.45) is 6.52. The van der Waals surface area contributed by atoms with Gasteiger partial charge in [-0.25, -0.2) is 9.78 Å². The van der Waals surface area contributed by atoms with Crippen LogP contribution < -0.4 is 9.64 Å². The zero-order valence-electron chi connectivity index (χ0n) is 24.7. The van der Waals surface area contributed by atoms with E-state index in [2.05, 4.69) is 56.0 Å². The normalized spacial score (nSPS) is 11.9. The number of aromatic nitrogens is 1. The number of hydrogen-bond donors (Lipinski definition) is 0. The quantitative estimate of drug-likeness (QED) is 0.109. The lowest BCUT2D eigenvalue weighted by molar-refractivity contribution is 0.0499. The van der Waals surface area contributed by atoms with Crippen LogP contribution in [0.15, 0.2) is 71.1 Å². The van der Waals surface area contributed by atoms with E-state index in [9.17, 15) is 4.79 Å². The van der Waals surface area contributed by atoms with E-state index >= 15 is 0 Å². The summed E-state index contributed by atoms with van der Waals surface area (Å²) in [4.78, 5) is 19.7. The lowest BCUT2D eigenvalue weighted by Gasteiger charge is -2.27. The molecular weight excluding hydrogens is 524 g/mol. The molecule has 2 heterocycles. The Bertz CT molecular complexity index is 1710. The third kappa shape index (κ3) is 5.34. The Morgan fingerprint density at radius 1 is 0.833 bits per heavy atom. The van der Waals surface area contributed by atoms with Gasteiger partial charge < -0.3 is 18.8 Å². The van der Waals surface area contributed by atoms with Gasteiger partial charge in [0.15, 0.2) is 5.58 Å². The molecule has 0 aliphatic carbocycles. The second-order valence-electron chi connectivity index (χ2n) is 11.0. The molecule has 1 aliphatic heterocycles. The summed E-state index contributed by atoms with van der Waals surface area (Å²) in [5.41, 5.74) is 6.18. The van der Waals surface area contributed by atoms with Crippen molar-refractivity contribution in [3.63, 3.8) is 0 Å². The minimum Gasteiger partial charge on any atom is -0.462 e. The summed E-state index contributed by atoms with van der Waals surface area (Å²) >= 11 is 0. The summed E-state index contributed by atoms with van der Waals surface area (Å²) in [5, 5.41) is 2.04. The number of oxazole rings is 1. The average Bonchev–Trinajstić information content (AvgIpc) is 3.46. The van der Waals surface area contributed by atoms with Crippen molar-refractivity contribution >= 4 is 33.5 Å². The first-order chi connectivity index (χ1) is 20.6. The van der Waals surface area contributed by atoms with E-state index in [1.165, 1.54) is 31.4 Å². The number of fused-ring (bicyclic) bond motifs is 4. The highest BCUT2D eigenvalue weighted by molar-refractivity contribution is 6.15. The summed E-state index contributed by atoms with van der Waals surface area (Å²) in [6.45, 7) is 9.07. The molecule has 6 heteroatoms. The molecule has 0 amide bonds. The first-order valence-corrected chi connectivity index (χ1v) is 15.3. The van der Waals surface area contributed by atoms with Gasteiger partial charge in [0, 0.05) is 52.3 Å². The second-order valence-corrected chi connectivity index (χ2v) is 11.0. The fraction of sp³-hybridized carbons (Fsp3) is 0.333. The number of hydrogen-bond acceptors (Lipinski definition) is 6. The van der Waals surface area contributed by atoms with E-state index in [1.807, 2.05) is 24.3 Å². The first-order valence-electron chi connectivity index (χ1n) is 15.3. The van der Waals surface area contributed by atoms with Crippen molar-refractivity contribution in [2.45, 2.75) is 59.3 Å². The van der Waals surface area contributed by atoms with Crippen LogP contribution in [0.4, 0.5) is 5.69 Å².